The van der Waals surface area contributed by atoms with Gasteiger partial charge in [0.15, 0.2) is 0 Å². The normalized spacial score (nSPS) is 19.5. The molecule has 1 fully saturated rings. The van der Waals surface area contributed by atoms with Crippen LogP contribution in [0.2, 0.25) is 20.1 Å². The lowest BCUT2D eigenvalue weighted by Crippen LogP contribution is -2.52. The molecule has 8 heteroatoms. The Kier molecular flexibility index (Phi) is 6.89. The fourth-order valence-electron chi connectivity index (χ4n) is 3.33. The van der Waals surface area contributed by atoms with E-state index in [2.05, 4.69) is 0 Å². The Morgan fingerprint density at radius 2 is 1.79 bits per heavy atom. The van der Waals surface area contributed by atoms with E-state index < -0.39 is 5.60 Å². The van der Waals surface area contributed by atoms with Crippen molar-refractivity contribution >= 4 is 58.6 Å². The molecule has 0 N–H and O–H groups in total. The van der Waals surface area contributed by atoms with Crippen molar-refractivity contribution in [2.24, 2.45) is 0 Å². The van der Waals surface area contributed by atoms with E-state index in [0.717, 1.165) is 11.8 Å². The Morgan fingerprint density at radius 1 is 1.07 bits per heavy atom. The predicted molar refractivity (Wildman–Crippen MR) is 112 cm³/mol. The Balaban J connectivity index is 1.84. The Bertz CT molecular complexity index is 885. The molecule has 1 aliphatic heterocycles. The summed E-state index contributed by atoms with van der Waals surface area (Å²) in [5, 5.41) is 1.73. The van der Waals surface area contributed by atoms with Crippen LogP contribution in [-0.2, 0) is 26.3 Å². The van der Waals surface area contributed by atoms with E-state index in [1.54, 1.807) is 41.3 Å². The number of hydrogen-bond acceptors (Lipinski definition) is 3. The van der Waals surface area contributed by atoms with Crippen molar-refractivity contribution in [3.8, 4) is 0 Å². The summed E-state index contributed by atoms with van der Waals surface area (Å²) in [6.45, 7) is 0.960. The molecule has 4 nitrogen and oxygen atoms in total. The zero-order valence-corrected chi connectivity index (χ0v) is 17.8. The standard InChI is InChI=1S/C20H17Cl4NO3/c21-15-7-13(8-16(22)11-15)9-19(27)25-4-6-28-20(12-25,3-5-26)14-1-2-17(23)18(24)10-14/h1-2,5,7-8,10-11H,3-4,6,9,12H2. The Hall–Kier alpha value is -1.30. The van der Waals surface area contributed by atoms with Gasteiger partial charge in [-0.3, -0.25) is 4.79 Å². The summed E-state index contributed by atoms with van der Waals surface area (Å²) < 4.78 is 5.99. The number of benzene rings is 2. The molecule has 148 valence electrons. The van der Waals surface area contributed by atoms with Gasteiger partial charge in [-0.1, -0.05) is 52.5 Å². The van der Waals surface area contributed by atoms with E-state index in [9.17, 15) is 9.59 Å². The van der Waals surface area contributed by atoms with Gasteiger partial charge in [-0.25, -0.2) is 0 Å². The second-order valence-electron chi connectivity index (χ2n) is 6.61. The fourth-order valence-corrected chi connectivity index (χ4v) is 4.20. The van der Waals surface area contributed by atoms with Gasteiger partial charge in [0.05, 0.1) is 29.6 Å². The lowest BCUT2D eigenvalue weighted by Gasteiger charge is -2.42. The van der Waals surface area contributed by atoms with Gasteiger partial charge in [-0.2, -0.15) is 0 Å². The quantitative estimate of drug-likeness (QED) is 0.577. The summed E-state index contributed by atoms with van der Waals surface area (Å²) in [6.07, 6.45) is 1.03. The van der Waals surface area contributed by atoms with Crippen molar-refractivity contribution < 1.29 is 14.3 Å². The molecule has 0 aromatic heterocycles. The summed E-state index contributed by atoms with van der Waals surface area (Å²) in [5.41, 5.74) is 0.470. The van der Waals surface area contributed by atoms with Crippen LogP contribution in [0.1, 0.15) is 17.5 Å². The summed E-state index contributed by atoms with van der Waals surface area (Å²) in [7, 11) is 0. The van der Waals surface area contributed by atoms with E-state index in [-0.39, 0.29) is 25.3 Å². The van der Waals surface area contributed by atoms with Crippen LogP contribution in [0, 0.1) is 0 Å². The molecule has 0 spiro atoms. The van der Waals surface area contributed by atoms with E-state index in [1.165, 1.54) is 0 Å². The average Bonchev–Trinajstić information content (AvgIpc) is 2.63. The van der Waals surface area contributed by atoms with Crippen molar-refractivity contribution in [2.75, 3.05) is 19.7 Å². The van der Waals surface area contributed by atoms with Crippen LogP contribution in [0.5, 0.6) is 0 Å². The molecule has 1 unspecified atom stereocenters. The second kappa shape index (κ2) is 9.02. The molecule has 2 aromatic rings. The minimum Gasteiger partial charge on any atom is -0.366 e. The number of ether oxygens (including phenoxy) is 1. The van der Waals surface area contributed by atoms with Gasteiger partial charge in [0.2, 0.25) is 5.91 Å². The van der Waals surface area contributed by atoms with Gasteiger partial charge in [0, 0.05) is 23.0 Å². The number of amides is 1. The summed E-state index contributed by atoms with van der Waals surface area (Å²) in [4.78, 5) is 25.9. The predicted octanol–water partition coefficient (Wildman–Crippen LogP) is 5.19. The molecule has 0 bridgehead atoms. The fraction of sp³-hybridized carbons (Fsp3) is 0.300. The molecule has 0 saturated carbocycles. The zero-order valence-electron chi connectivity index (χ0n) is 14.8. The lowest BCUT2D eigenvalue weighted by molar-refractivity contribution is -0.155. The number of rotatable bonds is 5. The number of halogens is 4. The minimum absolute atomic E-state index is 0.0950. The van der Waals surface area contributed by atoms with Crippen LogP contribution in [0.25, 0.3) is 0 Å². The van der Waals surface area contributed by atoms with Crippen molar-refractivity contribution in [1.29, 1.82) is 0 Å². The number of nitrogens with zero attached hydrogens (tertiary/aromatic N) is 1. The molecule has 3 rings (SSSR count). The second-order valence-corrected chi connectivity index (χ2v) is 8.30. The number of aldehydes is 1. The molecule has 1 heterocycles. The maximum absolute atomic E-state index is 12.9. The number of morpholine rings is 1. The maximum atomic E-state index is 12.9. The van der Waals surface area contributed by atoms with Gasteiger partial charge >= 0.3 is 0 Å². The van der Waals surface area contributed by atoms with E-state index in [1.807, 2.05) is 0 Å². The summed E-state index contributed by atoms with van der Waals surface area (Å²) in [5.74, 6) is -0.100. The highest BCUT2D eigenvalue weighted by atomic mass is 35.5. The van der Waals surface area contributed by atoms with E-state index in [0.29, 0.717) is 38.8 Å². The Morgan fingerprint density at radius 3 is 2.43 bits per heavy atom. The molecule has 1 saturated heterocycles. The first-order chi connectivity index (χ1) is 13.3. The number of carbonyl (C=O) groups is 2. The maximum Gasteiger partial charge on any atom is 0.227 e. The molecule has 28 heavy (non-hydrogen) atoms. The molecular formula is C20H17Cl4NO3. The number of carbonyl (C=O) groups excluding carboxylic acids is 2. The molecule has 1 atom stereocenters. The first-order valence-corrected chi connectivity index (χ1v) is 10.1. The topological polar surface area (TPSA) is 46.6 Å². The van der Waals surface area contributed by atoms with Crippen molar-refractivity contribution in [3.63, 3.8) is 0 Å². The van der Waals surface area contributed by atoms with Crippen LogP contribution < -0.4 is 0 Å². The SMILES string of the molecule is O=CCC1(c2ccc(Cl)c(Cl)c2)CN(C(=O)Cc2cc(Cl)cc(Cl)c2)CCO1. The molecule has 2 aromatic carbocycles. The molecule has 0 radical (unpaired) electrons. The van der Waals surface area contributed by atoms with Gasteiger partial charge in [0.1, 0.15) is 11.9 Å². The molecular weight excluding hydrogens is 444 g/mol. The van der Waals surface area contributed by atoms with Crippen LogP contribution in [0.4, 0.5) is 0 Å². The van der Waals surface area contributed by atoms with Crippen molar-refractivity contribution in [2.45, 2.75) is 18.4 Å². The van der Waals surface area contributed by atoms with Gasteiger partial charge in [0.25, 0.3) is 0 Å². The van der Waals surface area contributed by atoms with Gasteiger partial charge in [-0.05, 0) is 41.5 Å². The molecule has 1 amide bonds. The first-order valence-electron chi connectivity index (χ1n) is 8.59. The first kappa shape index (κ1) is 21.4. The van der Waals surface area contributed by atoms with Crippen molar-refractivity contribution in [1.82, 2.24) is 4.90 Å². The van der Waals surface area contributed by atoms with E-state index >= 15 is 0 Å². The third kappa shape index (κ3) is 4.81. The Labute approximate surface area is 183 Å². The third-order valence-corrected chi connectivity index (χ3v) is 5.85. The zero-order chi connectivity index (χ0) is 20.3. The highest BCUT2D eigenvalue weighted by Crippen LogP contribution is 2.36. The minimum atomic E-state index is -0.962. The highest BCUT2D eigenvalue weighted by molar-refractivity contribution is 6.42. The molecule has 1 aliphatic rings. The van der Waals surface area contributed by atoms with Crippen LogP contribution in [-0.4, -0.2) is 36.8 Å². The number of hydrogen-bond donors (Lipinski definition) is 0. The summed E-state index contributed by atoms with van der Waals surface area (Å²) >= 11 is 24.2. The molecule has 0 aliphatic carbocycles. The largest absolute Gasteiger partial charge is 0.366 e. The van der Waals surface area contributed by atoms with Crippen LogP contribution in [0.15, 0.2) is 36.4 Å². The smallest absolute Gasteiger partial charge is 0.227 e. The van der Waals surface area contributed by atoms with Crippen LogP contribution >= 0.6 is 46.4 Å². The van der Waals surface area contributed by atoms with Gasteiger partial charge < -0.3 is 14.4 Å². The highest BCUT2D eigenvalue weighted by Gasteiger charge is 2.40. The summed E-state index contributed by atoms with van der Waals surface area (Å²) in [6, 6.07) is 10.1. The van der Waals surface area contributed by atoms with Crippen molar-refractivity contribution in [3.05, 3.63) is 67.6 Å². The van der Waals surface area contributed by atoms with Crippen LogP contribution in [0.3, 0.4) is 0 Å². The van der Waals surface area contributed by atoms with Gasteiger partial charge in [-0.15, -0.1) is 0 Å². The van der Waals surface area contributed by atoms with E-state index in [4.69, 9.17) is 51.1 Å². The third-order valence-electron chi connectivity index (χ3n) is 4.67. The average molecular weight is 461 g/mol. The monoisotopic (exact) mass is 459 g/mol. The lowest BCUT2D eigenvalue weighted by atomic mass is 9.88.